The molecule has 0 spiro atoms. The zero-order valence-corrected chi connectivity index (χ0v) is 14.5. The number of anilines is 1. The number of nitrogens with one attached hydrogen (secondary N) is 1. The first-order valence-corrected chi connectivity index (χ1v) is 8.35. The van der Waals surface area contributed by atoms with Crippen LogP contribution >= 0.6 is 0 Å². The second-order valence-electron chi connectivity index (χ2n) is 6.06. The van der Waals surface area contributed by atoms with E-state index in [2.05, 4.69) is 26.1 Å². The minimum Gasteiger partial charge on any atom is -0.494 e. The maximum Gasteiger partial charge on any atom is 0.255 e. The Morgan fingerprint density at radius 1 is 1.04 bits per heavy atom. The van der Waals surface area contributed by atoms with Gasteiger partial charge in [-0.2, -0.15) is 0 Å². The second kappa shape index (κ2) is 8.96. The third kappa shape index (κ3) is 5.61. The van der Waals surface area contributed by atoms with E-state index < -0.39 is 0 Å². The van der Waals surface area contributed by atoms with Crippen molar-refractivity contribution < 1.29 is 14.3 Å². The molecular weight excluding hydrogens is 302 g/mol. The number of amides is 1. The summed E-state index contributed by atoms with van der Waals surface area (Å²) in [7, 11) is 0. The molecule has 4 nitrogen and oxygen atoms in total. The molecule has 0 saturated heterocycles. The molecule has 0 atom stereocenters. The van der Waals surface area contributed by atoms with Gasteiger partial charge in [-0.05, 0) is 42.7 Å². The monoisotopic (exact) mass is 327 g/mol. The predicted molar refractivity (Wildman–Crippen MR) is 97.0 cm³/mol. The van der Waals surface area contributed by atoms with Gasteiger partial charge in [-0.3, -0.25) is 4.79 Å². The number of hydrogen-bond acceptors (Lipinski definition) is 3. The quantitative estimate of drug-likeness (QED) is 0.760. The Morgan fingerprint density at radius 3 is 2.46 bits per heavy atom. The topological polar surface area (TPSA) is 47.6 Å². The van der Waals surface area contributed by atoms with Crippen molar-refractivity contribution in [3.8, 4) is 11.5 Å². The van der Waals surface area contributed by atoms with Crippen molar-refractivity contribution in [3.05, 3.63) is 54.1 Å². The van der Waals surface area contributed by atoms with Gasteiger partial charge in [-0.1, -0.05) is 32.9 Å². The minimum atomic E-state index is -0.169. The van der Waals surface area contributed by atoms with Crippen LogP contribution in [-0.2, 0) is 0 Å². The van der Waals surface area contributed by atoms with E-state index in [-0.39, 0.29) is 5.91 Å². The van der Waals surface area contributed by atoms with E-state index in [0.29, 0.717) is 36.1 Å². The molecule has 0 heterocycles. The molecule has 24 heavy (non-hydrogen) atoms. The van der Waals surface area contributed by atoms with Gasteiger partial charge in [0.15, 0.2) is 0 Å². The summed E-state index contributed by atoms with van der Waals surface area (Å²) in [6.45, 7) is 7.52. The van der Waals surface area contributed by atoms with Crippen LogP contribution in [0.4, 0.5) is 5.69 Å². The number of benzene rings is 2. The lowest BCUT2D eigenvalue weighted by atomic mass is 10.2. The Hall–Kier alpha value is -2.49. The molecule has 2 aromatic carbocycles. The zero-order valence-electron chi connectivity index (χ0n) is 14.5. The highest BCUT2D eigenvalue weighted by Crippen LogP contribution is 2.20. The summed E-state index contributed by atoms with van der Waals surface area (Å²) in [5, 5.41) is 2.89. The number of rotatable bonds is 8. The molecule has 0 aliphatic rings. The molecule has 1 N–H and O–H groups in total. The van der Waals surface area contributed by atoms with Crippen LogP contribution in [0.25, 0.3) is 0 Å². The fraction of sp³-hybridized carbons (Fsp3) is 0.350. The van der Waals surface area contributed by atoms with E-state index in [1.165, 1.54) is 0 Å². The lowest BCUT2D eigenvalue weighted by molar-refractivity contribution is 0.102. The van der Waals surface area contributed by atoms with Crippen LogP contribution in [0.2, 0.25) is 0 Å². The normalized spacial score (nSPS) is 10.5. The average Bonchev–Trinajstić information content (AvgIpc) is 2.58. The van der Waals surface area contributed by atoms with Crippen molar-refractivity contribution in [1.82, 2.24) is 0 Å². The van der Waals surface area contributed by atoms with Gasteiger partial charge in [0.05, 0.1) is 13.2 Å². The maximum atomic E-state index is 12.4. The largest absolute Gasteiger partial charge is 0.494 e. The molecule has 0 unspecified atom stereocenters. The van der Waals surface area contributed by atoms with Gasteiger partial charge in [-0.25, -0.2) is 0 Å². The summed E-state index contributed by atoms with van der Waals surface area (Å²) in [5.74, 6) is 1.73. The van der Waals surface area contributed by atoms with Gasteiger partial charge in [0.25, 0.3) is 5.91 Å². The molecule has 0 fully saturated rings. The number of carbonyl (C=O) groups excluding carboxylic acids is 1. The highest BCUT2D eigenvalue weighted by Gasteiger charge is 2.08. The Balaban J connectivity index is 2.03. The van der Waals surface area contributed by atoms with Crippen molar-refractivity contribution in [2.75, 3.05) is 18.5 Å². The number of carbonyl (C=O) groups is 1. The van der Waals surface area contributed by atoms with E-state index in [4.69, 9.17) is 9.47 Å². The van der Waals surface area contributed by atoms with E-state index in [9.17, 15) is 4.79 Å². The average molecular weight is 327 g/mol. The lowest BCUT2D eigenvalue weighted by Gasteiger charge is -2.11. The van der Waals surface area contributed by atoms with Gasteiger partial charge in [0.1, 0.15) is 11.5 Å². The fourth-order valence-electron chi connectivity index (χ4n) is 2.08. The predicted octanol–water partition coefficient (Wildman–Crippen LogP) is 4.76. The van der Waals surface area contributed by atoms with Gasteiger partial charge in [-0.15, -0.1) is 0 Å². The Labute approximate surface area is 143 Å². The van der Waals surface area contributed by atoms with Crippen molar-refractivity contribution in [2.24, 2.45) is 5.92 Å². The van der Waals surface area contributed by atoms with E-state index in [0.717, 1.165) is 12.2 Å². The van der Waals surface area contributed by atoms with Crippen LogP contribution in [0.15, 0.2) is 48.5 Å². The minimum absolute atomic E-state index is 0.169. The highest BCUT2D eigenvalue weighted by atomic mass is 16.5. The van der Waals surface area contributed by atoms with Gasteiger partial charge in [0, 0.05) is 17.3 Å². The zero-order chi connectivity index (χ0) is 17.4. The molecule has 0 aliphatic heterocycles. The molecule has 2 aromatic rings. The summed E-state index contributed by atoms with van der Waals surface area (Å²) in [6.07, 6.45) is 0.944. The van der Waals surface area contributed by atoms with Crippen LogP contribution in [0.5, 0.6) is 11.5 Å². The molecule has 0 saturated carbocycles. The van der Waals surface area contributed by atoms with E-state index in [1.807, 2.05) is 36.4 Å². The van der Waals surface area contributed by atoms with Gasteiger partial charge < -0.3 is 14.8 Å². The molecule has 128 valence electrons. The van der Waals surface area contributed by atoms with Gasteiger partial charge >= 0.3 is 0 Å². The molecule has 0 aliphatic carbocycles. The van der Waals surface area contributed by atoms with Gasteiger partial charge in [0.2, 0.25) is 0 Å². The SMILES string of the molecule is CCCOc1cccc(NC(=O)c2cccc(OCC(C)C)c2)c1. The first-order valence-electron chi connectivity index (χ1n) is 8.35. The van der Waals surface area contributed by atoms with Crippen LogP contribution < -0.4 is 14.8 Å². The standard InChI is InChI=1S/C20H25NO3/c1-4-11-23-19-10-6-8-17(13-19)21-20(22)16-7-5-9-18(12-16)24-14-15(2)3/h5-10,12-13,15H,4,11,14H2,1-3H3,(H,21,22). The molecule has 4 heteroatoms. The Kier molecular flexibility index (Phi) is 6.67. The molecule has 0 bridgehead atoms. The van der Waals surface area contributed by atoms with E-state index in [1.54, 1.807) is 12.1 Å². The van der Waals surface area contributed by atoms with Crippen LogP contribution in [-0.4, -0.2) is 19.1 Å². The molecule has 0 radical (unpaired) electrons. The lowest BCUT2D eigenvalue weighted by Crippen LogP contribution is -2.12. The second-order valence-corrected chi connectivity index (χ2v) is 6.06. The molecule has 2 rings (SSSR count). The first kappa shape index (κ1) is 17.9. The molecule has 0 aromatic heterocycles. The third-order valence-corrected chi connectivity index (χ3v) is 3.24. The fourth-order valence-corrected chi connectivity index (χ4v) is 2.08. The highest BCUT2D eigenvalue weighted by molar-refractivity contribution is 6.04. The van der Waals surface area contributed by atoms with Crippen molar-refractivity contribution in [1.29, 1.82) is 0 Å². The summed E-state index contributed by atoms with van der Waals surface area (Å²) >= 11 is 0. The van der Waals surface area contributed by atoms with E-state index >= 15 is 0 Å². The summed E-state index contributed by atoms with van der Waals surface area (Å²) < 4.78 is 11.3. The first-order chi connectivity index (χ1) is 11.6. The van der Waals surface area contributed by atoms with Crippen LogP contribution in [0, 0.1) is 5.92 Å². The smallest absolute Gasteiger partial charge is 0.255 e. The number of ether oxygens (including phenoxy) is 2. The molecule has 1 amide bonds. The van der Waals surface area contributed by atoms with Crippen molar-refractivity contribution >= 4 is 11.6 Å². The molecular formula is C20H25NO3. The van der Waals surface area contributed by atoms with Crippen molar-refractivity contribution in [3.63, 3.8) is 0 Å². The number of hydrogen-bond donors (Lipinski definition) is 1. The Morgan fingerprint density at radius 2 is 1.75 bits per heavy atom. The summed E-state index contributed by atoms with van der Waals surface area (Å²) in [6, 6.07) is 14.6. The maximum absolute atomic E-state index is 12.4. The summed E-state index contributed by atoms with van der Waals surface area (Å²) in [4.78, 5) is 12.4. The Bertz CT molecular complexity index is 667. The third-order valence-electron chi connectivity index (χ3n) is 3.24. The summed E-state index contributed by atoms with van der Waals surface area (Å²) in [5.41, 5.74) is 1.28. The van der Waals surface area contributed by atoms with Crippen molar-refractivity contribution in [2.45, 2.75) is 27.2 Å². The van der Waals surface area contributed by atoms with Crippen LogP contribution in [0.3, 0.4) is 0 Å². The van der Waals surface area contributed by atoms with Crippen LogP contribution in [0.1, 0.15) is 37.6 Å².